The molecule has 22 heavy (non-hydrogen) atoms. The summed E-state index contributed by atoms with van der Waals surface area (Å²) in [5, 5.41) is 9.46. The van der Waals surface area contributed by atoms with Crippen molar-refractivity contribution < 1.29 is 9.53 Å². The summed E-state index contributed by atoms with van der Waals surface area (Å²) in [5.74, 6) is -0.0729. The van der Waals surface area contributed by atoms with Crippen molar-refractivity contribution >= 4 is 11.5 Å². The molecule has 4 heteroatoms. The Morgan fingerprint density at radius 1 is 1.27 bits per heavy atom. The zero-order valence-electron chi connectivity index (χ0n) is 13.1. The van der Waals surface area contributed by atoms with Crippen molar-refractivity contribution in [3.63, 3.8) is 0 Å². The molecule has 114 valence electrons. The molecule has 1 aromatic carbocycles. The maximum Gasteiger partial charge on any atom is 0.179 e. The summed E-state index contributed by atoms with van der Waals surface area (Å²) in [7, 11) is 1.75. The molecule has 0 atom stereocenters. The van der Waals surface area contributed by atoms with Crippen LogP contribution < -0.4 is 0 Å². The summed E-state index contributed by atoms with van der Waals surface area (Å²) in [6.07, 6.45) is 2.11. The number of likely N-dealkylation sites (tertiary alicyclic amines) is 1. The first kappa shape index (κ1) is 14.8. The van der Waals surface area contributed by atoms with Gasteiger partial charge in [-0.05, 0) is 25.3 Å². The summed E-state index contributed by atoms with van der Waals surface area (Å²) >= 11 is 0. The normalized spacial score (nSPS) is 20.6. The highest BCUT2D eigenvalue weighted by Crippen LogP contribution is 2.36. The maximum absolute atomic E-state index is 12.3. The molecule has 1 aliphatic heterocycles. The zero-order chi connectivity index (χ0) is 15.7. The number of carbonyl (C=O) groups is 1. The molecule has 0 spiro atoms. The van der Waals surface area contributed by atoms with E-state index >= 15 is 0 Å². The molecule has 0 radical (unpaired) electrons. The predicted molar refractivity (Wildman–Crippen MR) is 83.9 cm³/mol. The highest BCUT2D eigenvalue weighted by molar-refractivity contribution is 6.09. The second-order valence-corrected chi connectivity index (χ2v) is 6.23. The van der Waals surface area contributed by atoms with Crippen LogP contribution in [0.3, 0.4) is 0 Å². The van der Waals surface area contributed by atoms with Crippen LogP contribution in [0.15, 0.2) is 29.8 Å². The first-order valence-corrected chi connectivity index (χ1v) is 7.64. The number of carbonyl (C=O) groups excluding carboxylic acids is 1. The van der Waals surface area contributed by atoms with Crippen molar-refractivity contribution in [2.45, 2.75) is 31.8 Å². The summed E-state index contributed by atoms with van der Waals surface area (Å²) in [5.41, 5.74) is 3.05. The Morgan fingerprint density at radius 3 is 2.59 bits per heavy atom. The Kier molecular flexibility index (Phi) is 3.76. The smallest absolute Gasteiger partial charge is 0.179 e. The molecule has 0 N–H and O–H groups in total. The minimum absolute atomic E-state index is 0.0729. The minimum atomic E-state index is -0.109. The van der Waals surface area contributed by atoms with Crippen LogP contribution >= 0.6 is 0 Å². The van der Waals surface area contributed by atoms with E-state index in [9.17, 15) is 10.1 Å². The van der Waals surface area contributed by atoms with Gasteiger partial charge in [0.2, 0.25) is 0 Å². The van der Waals surface area contributed by atoms with E-state index < -0.39 is 0 Å². The largest absolute Gasteiger partial charge is 0.378 e. The number of fused-ring (bicyclic) bond motifs is 1. The molecular weight excluding hydrogens is 276 g/mol. The average Bonchev–Trinajstić information content (AvgIpc) is 2.54. The van der Waals surface area contributed by atoms with Crippen LogP contribution in [-0.4, -0.2) is 36.5 Å². The third kappa shape index (κ3) is 2.42. The standard InChI is InChI=1S/C18H20N2O2/c1-18(22-2)7-9-20(10-8-18)17-14-6-4-3-5-13(14)11-16(21)15(17)12-19/h3-6H,7-11H2,1-2H3. The number of allylic oxidation sites excluding steroid dienone is 1. The van der Waals surface area contributed by atoms with Gasteiger partial charge in [0.1, 0.15) is 11.6 Å². The molecule has 1 aromatic rings. The second-order valence-electron chi connectivity index (χ2n) is 6.23. The van der Waals surface area contributed by atoms with Crippen molar-refractivity contribution in [2.75, 3.05) is 20.2 Å². The maximum atomic E-state index is 12.3. The Hall–Kier alpha value is -2.12. The quantitative estimate of drug-likeness (QED) is 0.841. The molecule has 1 saturated heterocycles. The van der Waals surface area contributed by atoms with Crippen LogP contribution in [0.5, 0.6) is 0 Å². The molecule has 0 aromatic heterocycles. The lowest BCUT2D eigenvalue weighted by atomic mass is 9.86. The zero-order valence-corrected chi connectivity index (χ0v) is 13.1. The fourth-order valence-corrected chi connectivity index (χ4v) is 3.28. The van der Waals surface area contributed by atoms with E-state index in [0.29, 0.717) is 12.0 Å². The number of nitriles is 1. The fraction of sp³-hybridized carbons (Fsp3) is 0.444. The topological polar surface area (TPSA) is 53.3 Å². The van der Waals surface area contributed by atoms with Crippen molar-refractivity contribution in [3.8, 4) is 6.07 Å². The lowest BCUT2D eigenvalue weighted by molar-refractivity contribution is -0.114. The molecule has 1 fully saturated rings. The summed E-state index contributed by atoms with van der Waals surface area (Å²) in [6.45, 7) is 3.71. The number of piperidine rings is 1. The van der Waals surface area contributed by atoms with Crippen molar-refractivity contribution in [1.82, 2.24) is 4.90 Å². The van der Waals surface area contributed by atoms with Gasteiger partial charge in [-0.25, -0.2) is 0 Å². The molecule has 3 rings (SSSR count). The number of hydrogen-bond donors (Lipinski definition) is 0. The monoisotopic (exact) mass is 296 g/mol. The molecular formula is C18H20N2O2. The van der Waals surface area contributed by atoms with Crippen molar-refractivity contribution in [1.29, 1.82) is 5.26 Å². The molecule has 0 saturated carbocycles. The SMILES string of the molecule is COC1(C)CCN(C2=C(C#N)C(=O)Cc3ccccc32)CC1. The first-order valence-electron chi connectivity index (χ1n) is 7.64. The van der Waals surface area contributed by atoms with Gasteiger partial charge in [-0.1, -0.05) is 24.3 Å². The van der Waals surface area contributed by atoms with Gasteiger partial charge < -0.3 is 9.64 Å². The van der Waals surface area contributed by atoms with Gasteiger partial charge in [-0.15, -0.1) is 0 Å². The summed E-state index contributed by atoms with van der Waals surface area (Å²) in [6, 6.07) is 10.0. The van der Waals surface area contributed by atoms with Gasteiger partial charge >= 0.3 is 0 Å². The molecule has 0 amide bonds. The number of rotatable bonds is 2. The average molecular weight is 296 g/mol. The Morgan fingerprint density at radius 2 is 1.95 bits per heavy atom. The van der Waals surface area contributed by atoms with Gasteiger partial charge in [-0.3, -0.25) is 4.79 Å². The number of nitrogens with zero attached hydrogens (tertiary/aromatic N) is 2. The van der Waals surface area contributed by atoms with Gasteiger partial charge in [0, 0.05) is 32.2 Å². The summed E-state index contributed by atoms with van der Waals surface area (Å²) < 4.78 is 5.58. The molecule has 1 aliphatic carbocycles. The van der Waals surface area contributed by atoms with E-state index in [2.05, 4.69) is 17.9 Å². The number of Topliss-reactive ketones (excluding diaryl/α,β-unsaturated/α-hetero) is 1. The molecule has 1 heterocycles. The van der Waals surface area contributed by atoms with Gasteiger partial charge in [0.15, 0.2) is 5.78 Å². The summed E-state index contributed by atoms with van der Waals surface area (Å²) in [4.78, 5) is 14.5. The molecule has 0 unspecified atom stereocenters. The molecule has 0 bridgehead atoms. The Balaban J connectivity index is 2.00. The van der Waals surface area contributed by atoms with Gasteiger partial charge in [0.25, 0.3) is 0 Å². The fourth-order valence-electron chi connectivity index (χ4n) is 3.28. The predicted octanol–water partition coefficient (Wildman–Crippen LogP) is 2.55. The lowest BCUT2D eigenvalue weighted by Crippen LogP contribution is -2.43. The number of methoxy groups -OCH3 is 1. The van der Waals surface area contributed by atoms with Gasteiger partial charge in [0.05, 0.1) is 11.3 Å². The lowest BCUT2D eigenvalue weighted by Gasteiger charge is -2.41. The van der Waals surface area contributed by atoms with Crippen molar-refractivity contribution in [3.05, 3.63) is 41.0 Å². The van der Waals surface area contributed by atoms with E-state index in [1.807, 2.05) is 24.3 Å². The van der Waals surface area contributed by atoms with E-state index in [0.717, 1.165) is 42.8 Å². The third-order valence-corrected chi connectivity index (χ3v) is 4.88. The van der Waals surface area contributed by atoms with Crippen LogP contribution in [0, 0.1) is 11.3 Å². The Labute approximate surface area is 131 Å². The first-order chi connectivity index (χ1) is 10.6. The minimum Gasteiger partial charge on any atom is -0.378 e. The van der Waals surface area contributed by atoms with Crippen LogP contribution in [0.2, 0.25) is 0 Å². The van der Waals surface area contributed by atoms with Crippen LogP contribution in [-0.2, 0) is 16.0 Å². The van der Waals surface area contributed by atoms with E-state index in [-0.39, 0.29) is 11.4 Å². The van der Waals surface area contributed by atoms with Crippen molar-refractivity contribution in [2.24, 2.45) is 0 Å². The number of hydrogen-bond acceptors (Lipinski definition) is 4. The van der Waals surface area contributed by atoms with E-state index in [1.165, 1.54) is 0 Å². The number of ether oxygens (including phenoxy) is 1. The molecule has 2 aliphatic rings. The van der Waals surface area contributed by atoms with Gasteiger partial charge in [-0.2, -0.15) is 5.26 Å². The molecule has 4 nitrogen and oxygen atoms in total. The number of benzene rings is 1. The Bertz CT molecular complexity index is 677. The highest BCUT2D eigenvalue weighted by atomic mass is 16.5. The van der Waals surface area contributed by atoms with Crippen LogP contribution in [0.25, 0.3) is 5.70 Å². The van der Waals surface area contributed by atoms with Crippen LogP contribution in [0.1, 0.15) is 30.9 Å². The highest BCUT2D eigenvalue weighted by Gasteiger charge is 2.34. The third-order valence-electron chi connectivity index (χ3n) is 4.88. The second kappa shape index (κ2) is 5.58. The number of ketones is 1. The van der Waals surface area contributed by atoms with E-state index in [4.69, 9.17) is 4.74 Å². The van der Waals surface area contributed by atoms with Crippen LogP contribution in [0.4, 0.5) is 0 Å². The van der Waals surface area contributed by atoms with E-state index in [1.54, 1.807) is 7.11 Å².